The van der Waals surface area contributed by atoms with Crippen molar-refractivity contribution in [1.29, 1.82) is 0 Å². The minimum atomic E-state index is -4.17. The van der Waals surface area contributed by atoms with Crippen LogP contribution < -0.4 is 0 Å². The number of alkyl halides is 3. The van der Waals surface area contributed by atoms with Gasteiger partial charge in [-0.3, -0.25) is 0 Å². The molecule has 0 aromatic carbocycles. The normalized spacial score (nSPS) is 12.0. The van der Waals surface area contributed by atoms with E-state index >= 15 is 0 Å². The third kappa shape index (κ3) is 4.27. The Balaban J connectivity index is 3.17. The van der Waals surface area contributed by atoms with Crippen LogP contribution in [0.4, 0.5) is 13.2 Å². The quantitative estimate of drug-likeness (QED) is 0.511. The molecular formula is C2HBrF3. The van der Waals surface area contributed by atoms with Crippen LogP contribution in [0.2, 0.25) is 0 Å². The Hall–Kier alpha value is 0.270. The molecule has 0 rings (SSSR count). The Morgan fingerprint density at radius 3 is 1.50 bits per heavy atom. The van der Waals surface area contributed by atoms with Gasteiger partial charge >= 0.3 is 6.18 Å². The molecule has 0 nitrogen and oxygen atoms in total. The summed E-state index contributed by atoms with van der Waals surface area (Å²) in [7, 11) is 0. The molecule has 0 unspecified atom stereocenters. The molecule has 0 atom stereocenters. The molecule has 0 N–H and O–H groups in total. The molecule has 37 valence electrons. The molecule has 4 heteroatoms. The zero-order valence-electron chi connectivity index (χ0n) is 2.59. The fraction of sp³-hybridized carbons (Fsp3) is 0.500. The maximum absolute atomic E-state index is 10.7. The minimum absolute atomic E-state index is 0. The highest BCUT2D eigenvalue weighted by molar-refractivity contribution is 9.10. The van der Waals surface area contributed by atoms with Crippen LogP contribution in [0.5, 0.6) is 0 Å². The van der Waals surface area contributed by atoms with Crippen LogP contribution in [0.15, 0.2) is 0 Å². The average molecular weight is 162 g/mol. The fourth-order valence-corrected chi connectivity index (χ4v) is 0. The van der Waals surface area contributed by atoms with Crippen molar-refractivity contribution in [2.24, 2.45) is 0 Å². The van der Waals surface area contributed by atoms with Gasteiger partial charge in [0, 0.05) is 0 Å². The monoisotopic (exact) mass is 161 g/mol. The van der Waals surface area contributed by atoms with E-state index in [0.717, 1.165) is 0 Å². The smallest absolute Gasteiger partial charge is 0.170 e. The van der Waals surface area contributed by atoms with E-state index in [1.807, 2.05) is 0 Å². The summed E-state index contributed by atoms with van der Waals surface area (Å²) in [6, 6.07) is 0. The molecule has 1 radical (unpaired) electrons. The van der Waals surface area contributed by atoms with Crippen molar-refractivity contribution in [2.75, 3.05) is 0 Å². The standard InChI is InChI=1S/C2HBrF3/c3-1-2(4,5)6/h1H. The van der Waals surface area contributed by atoms with Crippen molar-refractivity contribution in [3.05, 3.63) is 5.33 Å². The van der Waals surface area contributed by atoms with Gasteiger partial charge in [-0.05, 0) is 0 Å². The van der Waals surface area contributed by atoms with Gasteiger partial charge in [0.1, 0.15) is 5.33 Å². The first-order valence-electron chi connectivity index (χ1n) is 1.07. The Kier molecular flexibility index (Phi) is 1.90. The van der Waals surface area contributed by atoms with Crippen LogP contribution in [-0.4, -0.2) is 6.18 Å². The van der Waals surface area contributed by atoms with Gasteiger partial charge in [-0.15, -0.1) is 0 Å². The predicted molar refractivity (Wildman–Crippen MR) is 19.3 cm³/mol. The Morgan fingerprint density at radius 2 is 1.50 bits per heavy atom. The van der Waals surface area contributed by atoms with Gasteiger partial charge in [0.2, 0.25) is 0 Å². The largest absolute Gasteiger partial charge is 0.402 e. The number of hydrogen-bond donors (Lipinski definition) is 0. The molecule has 0 aliphatic carbocycles. The lowest BCUT2D eigenvalue weighted by molar-refractivity contribution is -0.0862. The van der Waals surface area contributed by atoms with Gasteiger partial charge in [-0.2, -0.15) is 13.2 Å². The number of halogens is 4. The maximum Gasteiger partial charge on any atom is 0.402 e. The lowest BCUT2D eigenvalue weighted by Crippen LogP contribution is -2.01. The lowest BCUT2D eigenvalue weighted by Gasteiger charge is -1.94. The predicted octanol–water partition coefficient (Wildman–Crippen LogP) is 2.11. The summed E-state index contributed by atoms with van der Waals surface area (Å²) < 4.78 is 32.0. The summed E-state index contributed by atoms with van der Waals surface area (Å²) in [5.41, 5.74) is 0. The molecule has 0 spiro atoms. The summed E-state index contributed by atoms with van der Waals surface area (Å²) in [4.78, 5) is 0. The van der Waals surface area contributed by atoms with Crippen molar-refractivity contribution in [3.63, 3.8) is 0 Å². The van der Waals surface area contributed by atoms with E-state index in [-0.39, 0.29) is 5.33 Å². The van der Waals surface area contributed by atoms with Gasteiger partial charge in [0.05, 0.1) is 0 Å². The Morgan fingerprint density at radius 1 is 1.33 bits per heavy atom. The first-order chi connectivity index (χ1) is 2.56. The van der Waals surface area contributed by atoms with E-state index in [2.05, 4.69) is 15.9 Å². The molecule has 0 saturated heterocycles. The molecule has 0 saturated carbocycles. The zero-order valence-corrected chi connectivity index (χ0v) is 4.18. The second-order valence-electron chi connectivity index (χ2n) is 0.651. The van der Waals surface area contributed by atoms with Crippen LogP contribution in [0, 0.1) is 5.33 Å². The van der Waals surface area contributed by atoms with E-state index < -0.39 is 6.18 Å². The summed E-state index contributed by atoms with van der Waals surface area (Å²) in [6.45, 7) is 0. The van der Waals surface area contributed by atoms with Crippen LogP contribution in [0.3, 0.4) is 0 Å². The molecule has 0 aliphatic rings. The minimum Gasteiger partial charge on any atom is -0.170 e. The van der Waals surface area contributed by atoms with Gasteiger partial charge in [-0.1, -0.05) is 15.9 Å². The summed E-state index contributed by atoms with van der Waals surface area (Å²) in [5, 5.41) is 0. The third-order valence-corrected chi connectivity index (χ3v) is 0.643. The highest BCUT2D eigenvalue weighted by Crippen LogP contribution is 2.20. The highest BCUT2D eigenvalue weighted by Gasteiger charge is 2.24. The van der Waals surface area contributed by atoms with Crippen LogP contribution in [0.1, 0.15) is 0 Å². The van der Waals surface area contributed by atoms with E-state index in [9.17, 15) is 13.2 Å². The van der Waals surface area contributed by atoms with Crippen molar-refractivity contribution in [1.82, 2.24) is 0 Å². The summed E-state index contributed by atoms with van der Waals surface area (Å²) >= 11 is 2.12. The van der Waals surface area contributed by atoms with Crippen molar-refractivity contribution < 1.29 is 13.2 Å². The van der Waals surface area contributed by atoms with Crippen LogP contribution in [0.25, 0.3) is 0 Å². The molecule has 0 amide bonds. The topological polar surface area (TPSA) is 0 Å². The Bertz CT molecular complexity index is 38.5. The van der Waals surface area contributed by atoms with Crippen LogP contribution >= 0.6 is 15.9 Å². The second-order valence-corrected chi connectivity index (χ2v) is 1.11. The molecule has 0 aliphatic heterocycles. The molecule has 0 aromatic rings. The summed E-state index contributed by atoms with van der Waals surface area (Å²) in [5.74, 6) is 0. The second kappa shape index (κ2) is 1.82. The molecule has 0 heterocycles. The SMILES string of the molecule is FC(F)(F)[CH]Br. The van der Waals surface area contributed by atoms with Gasteiger partial charge < -0.3 is 0 Å². The number of hydrogen-bond acceptors (Lipinski definition) is 0. The molecule has 0 aromatic heterocycles. The molecule has 0 fully saturated rings. The zero-order chi connectivity index (χ0) is 5.21. The van der Waals surface area contributed by atoms with E-state index in [4.69, 9.17) is 0 Å². The van der Waals surface area contributed by atoms with Crippen molar-refractivity contribution >= 4 is 15.9 Å². The van der Waals surface area contributed by atoms with Crippen LogP contribution in [-0.2, 0) is 0 Å². The first-order valence-corrected chi connectivity index (χ1v) is 1.99. The average Bonchev–Trinajstić information content (AvgIpc) is 1.35. The molecule has 0 bridgehead atoms. The fourth-order valence-electron chi connectivity index (χ4n) is 0. The Labute approximate surface area is 41.5 Å². The molecular weight excluding hydrogens is 161 g/mol. The van der Waals surface area contributed by atoms with Gasteiger partial charge in [-0.25, -0.2) is 0 Å². The van der Waals surface area contributed by atoms with E-state index in [1.54, 1.807) is 0 Å². The first kappa shape index (κ1) is 6.27. The van der Waals surface area contributed by atoms with Gasteiger partial charge in [0.25, 0.3) is 0 Å². The van der Waals surface area contributed by atoms with Gasteiger partial charge in [0.15, 0.2) is 0 Å². The third-order valence-electron chi connectivity index (χ3n) is 0.124. The van der Waals surface area contributed by atoms with E-state index in [0.29, 0.717) is 0 Å². The summed E-state index contributed by atoms with van der Waals surface area (Å²) in [6.07, 6.45) is -4.17. The maximum atomic E-state index is 10.7. The van der Waals surface area contributed by atoms with E-state index in [1.165, 1.54) is 0 Å². The highest BCUT2D eigenvalue weighted by atomic mass is 79.9. The van der Waals surface area contributed by atoms with Crippen molar-refractivity contribution in [2.45, 2.75) is 6.18 Å². The lowest BCUT2D eigenvalue weighted by atomic mass is 10.8. The number of rotatable bonds is 0. The van der Waals surface area contributed by atoms with Crippen molar-refractivity contribution in [3.8, 4) is 0 Å². The molecule has 6 heavy (non-hydrogen) atoms.